The molecule has 0 aromatic rings. The molecule has 0 saturated heterocycles. The highest BCUT2D eigenvalue weighted by Gasteiger charge is 2.49. The van der Waals surface area contributed by atoms with Gasteiger partial charge in [-0.1, -0.05) is 0 Å². The van der Waals surface area contributed by atoms with Gasteiger partial charge in [0.05, 0.1) is 0 Å². The molecule has 0 aliphatic rings. The first-order valence-electron chi connectivity index (χ1n) is 1.63. The summed E-state index contributed by atoms with van der Waals surface area (Å²) >= 11 is 8.69. The van der Waals surface area contributed by atoms with Crippen LogP contribution in [-0.4, -0.2) is 17.3 Å². The normalized spacial score (nSPS) is 14.2. The largest absolute Gasteiger partial charge is 0.514 e. The second-order valence-corrected chi connectivity index (χ2v) is 4.15. The smallest absolute Gasteiger partial charge is 0.200 e. The molecular weight excluding hydrogens is 218 g/mol. The fraction of sp³-hybridized carbons (Fsp3) is 1.00. The zero-order valence-electron chi connectivity index (χ0n) is 4.06. The van der Waals surface area contributed by atoms with Gasteiger partial charge in [-0.25, -0.2) is 8.42 Å². The Labute approximate surface area is 64.6 Å². The van der Waals surface area contributed by atoms with E-state index in [1.807, 2.05) is 0 Å². The number of sulfonamides is 1. The molecule has 10 heavy (non-hydrogen) atoms. The summed E-state index contributed by atoms with van der Waals surface area (Å²) in [6, 6.07) is 0. The lowest BCUT2D eigenvalue weighted by Gasteiger charge is -2.07. The molecule has 0 radical (unpaired) electrons. The van der Waals surface area contributed by atoms with Crippen LogP contribution in [0.5, 0.6) is 0 Å². The molecule has 9 heteroatoms. The van der Waals surface area contributed by atoms with E-state index in [1.165, 1.54) is 0 Å². The topological polar surface area (TPSA) is 37.4 Å². The van der Waals surface area contributed by atoms with Crippen molar-refractivity contribution in [2.24, 2.45) is 0 Å². The molecule has 0 atom stereocenters. The number of hydrogen-bond donors (Lipinski definition) is 0. The Morgan fingerprint density at radius 3 is 1.50 bits per heavy atom. The highest BCUT2D eigenvalue weighted by atomic mass is 35.5. The maximum absolute atomic E-state index is 11.3. The van der Waals surface area contributed by atoms with Crippen molar-refractivity contribution < 1.29 is 21.6 Å². The lowest BCUT2D eigenvalue weighted by atomic mass is 11.6. The summed E-state index contributed by atoms with van der Waals surface area (Å²) in [5, 5.41) is 0. The first-order chi connectivity index (χ1) is 4.19. The van der Waals surface area contributed by atoms with E-state index in [1.54, 1.807) is 0 Å². The van der Waals surface area contributed by atoms with E-state index in [-0.39, 0.29) is 0 Å². The maximum atomic E-state index is 11.3. The fourth-order valence-corrected chi connectivity index (χ4v) is 0.704. The summed E-state index contributed by atoms with van der Waals surface area (Å²) in [5.41, 5.74) is -5.45. The second kappa shape index (κ2) is 2.72. The summed E-state index contributed by atoms with van der Waals surface area (Å²) in [4.78, 5) is 0. The van der Waals surface area contributed by atoms with Gasteiger partial charge in [-0.2, -0.15) is 13.2 Å². The Morgan fingerprint density at radius 1 is 1.20 bits per heavy atom. The minimum atomic E-state index is -5.55. The minimum Gasteiger partial charge on any atom is -0.200 e. The highest BCUT2D eigenvalue weighted by Crippen LogP contribution is 2.28. The molecule has 0 aromatic heterocycles. The van der Waals surface area contributed by atoms with Crippen molar-refractivity contribution in [3.63, 3.8) is 0 Å². The van der Waals surface area contributed by atoms with Gasteiger partial charge in [-0.05, 0) is 3.34 Å². The molecule has 0 fully saturated rings. The quantitative estimate of drug-likeness (QED) is 0.624. The average Bonchev–Trinajstić information content (AvgIpc) is 1.62. The predicted octanol–water partition coefficient (Wildman–Crippen LogP) is 1.45. The maximum Gasteiger partial charge on any atom is 0.514 e. The zero-order chi connectivity index (χ0) is 8.58. The Bertz CT molecular complexity index is 207. The summed E-state index contributed by atoms with van der Waals surface area (Å²) < 4.78 is 52.7. The fourth-order valence-electron chi connectivity index (χ4n) is 0.0782. The van der Waals surface area contributed by atoms with Gasteiger partial charge in [0.25, 0.3) is 0 Å². The van der Waals surface area contributed by atoms with E-state index in [2.05, 4.69) is 23.6 Å². The number of halogens is 5. The van der Waals surface area contributed by atoms with Crippen LogP contribution in [0.25, 0.3) is 0 Å². The third-order valence-electron chi connectivity index (χ3n) is 0.474. The van der Waals surface area contributed by atoms with Gasteiger partial charge < -0.3 is 0 Å². The van der Waals surface area contributed by atoms with Crippen molar-refractivity contribution in [1.29, 1.82) is 0 Å². The number of hydrogen-bond acceptors (Lipinski definition) is 2. The molecule has 0 heterocycles. The molecule has 0 N–H and O–H groups in total. The van der Waals surface area contributed by atoms with Crippen LogP contribution in [0.2, 0.25) is 0 Å². The van der Waals surface area contributed by atoms with Gasteiger partial charge in [-0.15, -0.1) is 0 Å². The molecule has 0 amide bonds. The van der Waals surface area contributed by atoms with E-state index in [0.717, 1.165) is 0 Å². The first kappa shape index (κ1) is 10.3. The Balaban J connectivity index is 4.79. The monoisotopic (exact) mass is 217 g/mol. The minimum absolute atomic E-state index is 0.938. The van der Waals surface area contributed by atoms with E-state index in [4.69, 9.17) is 0 Å². The summed E-state index contributed by atoms with van der Waals surface area (Å²) in [6.07, 6.45) is 0. The van der Waals surface area contributed by atoms with Crippen molar-refractivity contribution in [1.82, 2.24) is 3.34 Å². The highest BCUT2D eigenvalue weighted by molar-refractivity contribution is 7.91. The van der Waals surface area contributed by atoms with Crippen LogP contribution in [0, 0.1) is 0 Å². The number of alkyl halides is 3. The number of rotatable bonds is 1. The average molecular weight is 218 g/mol. The van der Waals surface area contributed by atoms with Crippen LogP contribution in [0.3, 0.4) is 0 Å². The van der Waals surface area contributed by atoms with Crippen molar-refractivity contribution in [3.8, 4) is 0 Å². The van der Waals surface area contributed by atoms with Crippen LogP contribution in [0.4, 0.5) is 13.2 Å². The van der Waals surface area contributed by atoms with E-state index < -0.39 is 18.9 Å². The molecule has 0 spiro atoms. The third kappa shape index (κ3) is 1.88. The SMILES string of the molecule is O=S(=O)(N(Cl)Cl)C(F)(F)F. The van der Waals surface area contributed by atoms with Crippen molar-refractivity contribution >= 4 is 33.6 Å². The zero-order valence-corrected chi connectivity index (χ0v) is 6.39. The standard InChI is InChI=1S/CCl2F3NO2S/c2-7(3)10(8,9)1(4,5)6. The van der Waals surface area contributed by atoms with Crippen LogP contribution in [0.1, 0.15) is 0 Å². The molecule has 0 saturated carbocycles. The predicted molar refractivity (Wildman–Crippen MR) is 28.5 cm³/mol. The molecule has 62 valence electrons. The van der Waals surface area contributed by atoms with Crippen LogP contribution in [0.15, 0.2) is 0 Å². The lowest BCUT2D eigenvalue weighted by Crippen LogP contribution is -2.29. The summed E-state index contributed by atoms with van der Waals surface area (Å²) in [5.74, 6) is 0. The molecule has 3 nitrogen and oxygen atoms in total. The lowest BCUT2D eigenvalue weighted by molar-refractivity contribution is -0.0456. The summed E-state index contributed by atoms with van der Waals surface area (Å²) in [7, 11) is -5.55. The van der Waals surface area contributed by atoms with Gasteiger partial charge in [0.15, 0.2) is 0 Å². The number of nitrogens with zero attached hydrogens (tertiary/aromatic N) is 1. The van der Waals surface area contributed by atoms with Crippen LogP contribution < -0.4 is 0 Å². The van der Waals surface area contributed by atoms with Gasteiger partial charge in [0, 0.05) is 23.6 Å². The van der Waals surface area contributed by atoms with Gasteiger partial charge in [0.1, 0.15) is 0 Å². The van der Waals surface area contributed by atoms with Crippen molar-refractivity contribution in [2.45, 2.75) is 5.51 Å². The van der Waals surface area contributed by atoms with Crippen LogP contribution >= 0.6 is 23.6 Å². The molecule has 0 bridgehead atoms. The molecule has 0 aliphatic heterocycles. The van der Waals surface area contributed by atoms with Gasteiger partial charge in [0.2, 0.25) is 0 Å². The van der Waals surface area contributed by atoms with Crippen molar-refractivity contribution in [2.75, 3.05) is 0 Å². The van der Waals surface area contributed by atoms with Crippen molar-refractivity contribution in [3.05, 3.63) is 0 Å². The van der Waals surface area contributed by atoms with E-state index in [9.17, 15) is 21.6 Å². The molecule has 0 aromatic carbocycles. The third-order valence-corrected chi connectivity index (χ3v) is 2.51. The molecule has 0 aliphatic carbocycles. The molecule has 0 rings (SSSR count). The Kier molecular flexibility index (Phi) is 2.80. The van der Waals surface area contributed by atoms with E-state index in [0.29, 0.717) is 0 Å². The van der Waals surface area contributed by atoms with E-state index >= 15 is 0 Å². The Morgan fingerprint density at radius 2 is 1.50 bits per heavy atom. The van der Waals surface area contributed by atoms with Crippen LogP contribution in [-0.2, 0) is 10.0 Å². The Hall–Kier alpha value is 0.280. The second-order valence-electron chi connectivity index (χ2n) is 1.12. The van der Waals surface area contributed by atoms with Gasteiger partial charge in [-0.3, -0.25) is 0 Å². The molecule has 0 unspecified atom stereocenters. The molecular formula is CCl2F3NO2S. The summed E-state index contributed by atoms with van der Waals surface area (Å²) in [6.45, 7) is 0. The van der Waals surface area contributed by atoms with Gasteiger partial charge >= 0.3 is 15.5 Å². The first-order valence-corrected chi connectivity index (χ1v) is 3.74.